The highest BCUT2D eigenvalue weighted by molar-refractivity contribution is 6.33. The highest BCUT2D eigenvalue weighted by atomic mass is 35.5. The SMILES string of the molecule is CN1c2cc(Cl)ccc2Oc2cc([N+](=O)[O-])c(Cl)cc21. The summed E-state index contributed by atoms with van der Waals surface area (Å²) in [5, 5.41) is 11.6. The molecule has 5 nitrogen and oxygen atoms in total. The normalized spacial score (nSPS) is 12.4. The average molecular weight is 311 g/mol. The van der Waals surface area contributed by atoms with Crippen LogP contribution in [-0.4, -0.2) is 12.0 Å². The van der Waals surface area contributed by atoms with Crippen LogP contribution in [0.15, 0.2) is 30.3 Å². The summed E-state index contributed by atoms with van der Waals surface area (Å²) < 4.78 is 5.69. The molecule has 0 radical (unpaired) electrons. The monoisotopic (exact) mass is 310 g/mol. The van der Waals surface area contributed by atoms with Crippen LogP contribution in [0.5, 0.6) is 11.5 Å². The minimum Gasteiger partial charge on any atom is -0.453 e. The van der Waals surface area contributed by atoms with Crippen LogP contribution >= 0.6 is 23.2 Å². The van der Waals surface area contributed by atoms with Crippen molar-refractivity contribution >= 4 is 40.3 Å². The summed E-state index contributed by atoms with van der Waals surface area (Å²) in [5.41, 5.74) is 1.24. The lowest BCUT2D eigenvalue weighted by atomic mass is 10.1. The first-order chi connectivity index (χ1) is 9.47. The highest BCUT2D eigenvalue weighted by Crippen LogP contribution is 2.49. The fourth-order valence-electron chi connectivity index (χ4n) is 2.10. The van der Waals surface area contributed by atoms with Crippen LogP contribution in [0.25, 0.3) is 0 Å². The smallest absolute Gasteiger partial charge is 0.291 e. The maximum Gasteiger partial charge on any atom is 0.291 e. The first kappa shape index (κ1) is 13.0. The van der Waals surface area contributed by atoms with Crippen molar-refractivity contribution in [2.45, 2.75) is 0 Å². The molecule has 0 unspecified atom stereocenters. The van der Waals surface area contributed by atoms with E-state index in [0.29, 0.717) is 22.2 Å². The number of anilines is 2. The van der Waals surface area contributed by atoms with E-state index in [1.807, 2.05) is 11.9 Å². The second-order valence-electron chi connectivity index (χ2n) is 4.30. The first-order valence-electron chi connectivity index (χ1n) is 5.66. The highest BCUT2D eigenvalue weighted by Gasteiger charge is 2.26. The van der Waals surface area contributed by atoms with Gasteiger partial charge in [0.05, 0.1) is 22.4 Å². The lowest BCUT2D eigenvalue weighted by molar-refractivity contribution is -0.384. The molecule has 0 spiro atoms. The number of fused-ring (bicyclic) bond motifs is 2. The summed E-state index contributed by atoms with van der Waals surface area (Å²) >= 11 is 11.9. The summed E-state index contributed by atoms with van der Waals surface area (Å²) in [4.78, 5) is 12.2. The molecular formula is C13H8Cl2N2O3. The van der Waals surface area contributed by atoms with E-state index in [4.69, 9.17) is 27.9 Å². The molecule has 1 aliphatic rings. The van der Waals surface area contributed by atoms with Crippen LogP contribution in [0.3, 0.4) is 0 Å². The molecule has 7 heteroatoms. The lowest BCUT2D eigenvalue weighted by Gasteiger charge is -2.29. The second kappa shape index (κ2) is 4.54. The van der Waals surface area contributed by atoms with Crippen molar-refractivity contribution in [1.82, 2.24) is 0 Å². The minimum atomic E-state index is -0.538. The molecule has 0 aromatic heterocycles. The molecule has 0 saturated carbocycles. The fraction of sp³-hybridized carbons (Fsp3) is 0.0769. The molecule has 0 amide bonds. The summed E-state index contributed by atoms with van der Waals surface area (Å²) in [5.74, 6) is 0.972. The van der Waals surface area contributed by atoms with Crippen molar-refractivity contribution in [3.8, 4) is 11.5 Å². The van der Waals surface area contributed by atoms with E-state index < -0.39 is 4.92 Å². The number of hydrogen-bond donors (Lipinski definition) is 0. The Hall–Kier alpha value is -1.98. The molecule has 1 heterocycles. The number of nitro benzene ring substituents is 1. The van der Waals surface area contributed by atoms with Gasteiger partial charge in [0.2, 0.25) is 0 Å². The summed E-state index contributed by atoms with van der Waals surface area (Å²) in [6, 6.07) is 8.01. The van der Waals surface area contributed by atoms with Crippen molar-refractivity contribution in [3.63, 3.8) is 0 Å². The third-order valence-electron chi connectivity index (χ3n) is 3.09. The quantitative estimate of drug-likeness (QED) is 0.562. The van der Waals surface area contributed by atoms with Gasteiger partial charge in [0, 0.05) is 12.1 Å². The molecular weight excluding hydrogens is 303 g/mol. The van der Waals surface area contributed by atoms with Gasteiger partial charge in [-0.05, 0) is 24.3 Å². The first-order valence-corrected chi connectivity index (χ1v) is 6.42. The van der Waals surface area contributed by atoms with Crippen molar-refractivity contribution in [1.29, 1.82) is 0 Å². The molecule has 0 fully saturated rings. The van der Waals surface area contributed by atoms with Crippen LogP contribution in [0, 0.1) is 10.1 Å². The van der Waals surface area contributed by atoms with Crippen molar-refractivity contribution in [3.05, 3.63) is 50.5 Å². The van der Waals surface area contributed by atoms with Crippen LogP contribution in [-0.2, 0) is 0 Å². The molecule has 1 aliphatic heterocycles. The van der Waals surface area contributed by atoms with Gasteiger partial charge in [-0.25, -0.2) is 0 Å². The third kappa shape index (κ3) is 1.95. The number of rotatable bonds is 1. The summed E-state index contributed by atoms with van der Waals surface area (Å²) in [6.45, 7) is 0. The number of benzene rings is 2. The largest absolute Gasteiger partial charge is 0.453 e. The lowest BCUT2D eigenvalue weighted by Crippen LogP contribution is -2.15. The van der Waals surface area contributed by atoms with E-state index >= 15 is 0 Å². The molecule has 0 saturated heterocycles. The minimum absolute atomic E-state index is 0.0645. The van der Waals surface area contributed by atoms with E-state index in [1.54, 1.807) is 18.2 Å². The molecule has 0 bridgehead atoms. The number of nitrogens with zero attached hydrogens (tertiary/aromatic N) is 2. The Bertz CT molecular complexity index is 734. The summed E-state index contributed by atoms with van der Waals surface area (Å²) in [6.07, 6.45) is 0. The Labute approximate surface area is 124 Å². The Morgan fingerprint density at radius 1 is 1.15 bits per heavy atom. The van der Waals surface area contributed by atoms with Gasteiger partial charge in [-0.15, -0.1) is 0 Å². The van der Waals surface area contributed by atoms with Gasteiger partial charge in [0.15, 0.2) is 11.5 Å². The molecule has 20 heavy (non-hydrogen) atoms. The van der Waals surface area contributed by atoms with Gasteiger partial charge in [-0.3, -0.25) is 10.1 Å². The van der Waals surface area contributed by atoms with Crippen LogP contribution in [0.4, 0.5) is 17.1 Å². The zero-order valence-corrected chi connectivity index (χ0v) is 11.8. The average Bonchev–Trinajstić information content (AvgIpc) is 2.40. The van der Waals surface area contributed by atoms with E-state index in [2.05, 4.69) is 0 Å². The standard InChI is InChI=1S/C13H8Cl2N2O3/c1-16-10-4-7(14)2-3-12(10)20-13-6-9(17(18)19)8(15)5-11(13)16/h2-6H,1H3. The topological polar surface area (TPSA) is 55.6 Å². The third-order valence-corrected chi connectivity index (χ3v) is 3.63. The summed E-state index contributed by atoms with van der Waals surface area (Å²) in [7, 11) is 1.82. The number of hydrogen-bond acceptors (Lipinski definition) is 4. The van der Waals surface area contributed by atoms with Gasteiger partial charge in [0.25, 0.3) is 5.69 Å². The number of nitro groups is 1. The Balaban J connectivity index is 2.17. The predicted molar refractivity (Wildman–Crippen MR) is 77.7 cm³/mol. The molecule has 0 atom stereocenters. The van der Waals surface area contributed by atoms with Gasteiger partial charge < -0.3 is 9.64 Å². The van der Waals surface area contributed by atoms with Gasteiger partial charge in [-0.1, -0.05) is 23.2 Å². The maximum atomic E-state index is 10.9. The molecule has 0 aliphatic carbocycles. The molecule has 2 aromatic carbocycles. The Kier molecular flexibility index (Phi) is 2.96. The molecule has 0 N–H and O–H groups in total. The van der Waals surface area contributed by atoms with Gasteiger partial charge >= 0.3 is 0 Å². The van der Waals surface area contributed by atoms with Crippen molar-refractivity contribution in [2.75, 3.05) is 11.9 Å². The van der Waals surface area contributed by atoms with Crippen LogP contribution in [0.2, 0.25) is 10.0 Å². The van der Waals surface area contributed by atoms with E-state index in [-0.39, 0.29) is 10.7 Å². The van der Waals surface area contributed by atoms with E-state index in [9.17, 15) is 10.1 Å². The van der Waals surface area contributed by atoms with Gasteiger partial charge in [-0.2, -0.15) is 0 Å². The zero-order valence-electron chi connectivity index (χ0n) is 10.3. The second-order valence-corrected chi connectivity index (χ2v) is 5.15. The van der Waals surface area contributed by atoms with Crippen LogP contribution in [0.1, 0.15) is 0 Å². The number of halogens is 2. The number of ether oxygens (including phenoxy) is 1. The Morgan fingerprint density at radius 3 is 2.55 bits per heavy atom. The van der Waals surface area contributed by atoms with Gasteiger partial charge in [0.1, 0.15) is 5.02 Å². The molecule has 2 aromatic rings. The van der Waals surface area contributed by atoms with E-state index in [0.717, 1.165) is 5.69 Å². The predicted octanol–water partition coefficient (Wildman–Crippen LogP) is 4.78. The zero-order chi connectivity index (χ0) is 14.4. The Morgan fingerprint density at radius 2 is 1.85 bits per heavy atom. The maximum absolute atomic E-state index is 10.9. The van der Waals surface area contributed by atoms with Crippen molar-refractivity contribution in [2.24, 2.45) is 0 Å². The molecule has 3 rings (SSSR count). The van der Waals surface area contributed by atoms with Crippen LogP contribution < -0.4 is 9.64 Å². The fourth-order valence-corrected chi connectivity index (χ4v) is 2.50. The van der Waals surface area contributed by atoms with Crippen molar-refractivity contribution < 1.29 is 9.66 Å². The van der Waals surface area contributed by atoms with E-state index in [1.165, 1.54) is 12.1 Å². The molecule has 102 valence electrons.